The van der Waals surface area contributed by atoms with Crippen LogP contribution in [0.25, 0.3) is 0 Å². The third-order valence-corrected chi connectivity index (χ3v) is 7.43. The fourth-order valence-electron chi connectivity index (χ4n) is 4.01. The third kappa shape index (κ3) is 15.1. The van der Waals surface area contributed by atoms with E-state index in [9.17, 15) is 0 Å². The lowest BCUT2D eigenvalue weighted by atomic mass is 9.82. The van der Waals surface area contributed by atoms with Gasteiger partial charge in [-0.3, -0.25) is 0 Å². The molecule has 0 aliphatic carbocycles. The van der Waals surface area contributed by atoms with Gasteiger partial charge in [-0.2, -0.15) is 0 Å². The van der Waals surface area contributed by atoms with Crippen LogP contribution in [0.4, 0.5) is 0 Å². The molecule has 1 atom stereocenters. The van der Waals surface area contributed by atoms with Crippen molar-refractivity contribution in [3.05, 3.63) is 0 Å². The monoisotopic (exact) mass is 417 g/mol. The molecule has 0 bridgehead atoms. The maximum Gasteiger partial charge on any atom is 0.0955 e. The van der Waals surface area contributed by atoms with E-state index in [-0.39, 0.29) is 12.4 Å². The van der Waals surface area contributed by atoms with Gasteiger partial charge in [-0.05, 0) is 20.3 Å². The molecule has 0 aliphatic heterocycles. The summed E-state index contributed by atoms with van der Waals surface area (Å²) in [6, 6.07) is 0. The van der Waals surface area contributed by atoms with Crippen LogP contribution in [0.3, 0.4) is 0 Å². The average Bonchev–Trinajstić information content (AvgIpc) is 2.60. The molecule has 0 spiro atoms. The first-order chi connectivity index (χ1) is 12.7. The highest BCUT2D eigenvalue weighted by atomic mass is 35.5. The van der Waals surface area contributed by atoms with Gasteiger partial charge in [0.05, 0.1) is 26.7 Å². The number of rotatable bonds is 19. The lowest BCUT2D eigenvalue weighted by molar-refractivity contribution is -0.924. The number of halogens is 1. The van der Waals surface area contributed by atoms with E-state index in [1.165, 1.54) is 109 Å². The van der Waals surface area contributed by atoms with Gasteiger partial charge in [-0.25, -0.2) is 0 Å². The minimum absolute atomic E-state index is 0. The van der Waals surface area contributed by atoms with Gasteiger partial charge in [-0.1, -0.05) is 117 Å². The second kappa shape index (κ2) is 18.1. The topological polar surface area (TPSA) is 0 Å². The number of hydrogen-bond donors (Lipinski definition) is 0. The number of unbranched alkanes of at least 4 members (excludes halogenated alkanes) is 15. The van der Waals surface area contributed by atoms with Gasteiger partial charge in [0.2, 0.25) is 0 Å². The Morgan fingerprint density at radius 3 is 1.14 bits per heavy atom. The molecule has 0 fully saturated rings. The summed E-state index contributed by atoms with van der Waals surface area (Å²) < 4.78 is 1.06. The Kier molecular flexibility index (Phi) is 19.6. The summed E-state index contributed by atoms with van der Waals surface area (Å²) >= 11 is 0. The summed E-state index contributed by atoms with van der Waals surface area (Å²) in [5.74, 6) is 0.796. The number of quaternary nitrogens is 1. The summed E-state index contributed by atoms with van der Waals surface area (Å²) in [6.07, 6.45) is 24.7. The van der Waals surface area contributed by atoms with E-state index in [4.69, 9.17) is 0 Å². The Morgan fingerprint density at radius 1 is 0.571 bits per heavy atom. The molecule has 0 N–H and O–H groups in total. The molecule has 0 heterocycles. The number of nitrogens with zero attached hydrogens (tertiary/aromatic N) is 1. The average molecular weight is 418 g/mol. The first-order valence-corrected chi connectivity index (χ1v) is 12.5. The van der Waals surface area contributed by atoms with Crippen LogP contribution in [0.1, 0.15) is 137 Å². The zero-order chi connectivity index (χ0) is 20.6. The van der Waals surface area contributed by atoms with Crippen LogP contribution in [0.15, 0.2) is 0 Å². The smallest absolute Gasteiger partial charge is 0.0955 e. The Labute approximate surface area is 186 Å². The lowest BCUT2D eigenvalue weighted by Gasteiger charge is -2.45. The Balaban J connectivity index is 0. The highest BCUT2D eigenvalue weighted by Crippen LogP contribution is 2.30. The highest BCUT2D eigenvalue weighted by Gasteiger charge is 2.37. The molecule has 0 aromatic carbocycles. The highest BCUT2D eigenvalue weighted by molar-refractivity contribution is 4.76. The zero-order valence-corrected chi connectivity index (χ0v) is 21.7. The van der Waals surface area contributed by atoms with Gasteiger partial charge in [0, 0.05) is 5.92 Å². The molecule has 0 aliphatic rings. The van der Waals surface area contributed by atoms with Crippen molar-refractivity contribution in [3.8, 4) is 0 Å². The van der Waals surface area contributed by atoms with Crippen molar-refractivity contribution < 1.29 is 16.9 Å². The molecule has 1 nitrogen and oxygen atoms in total. The standard InChI is InChI=1S/C26H56N.ClH/c1-8-9-10-11-12-13-14-15-16-17-18-19-20-21-22-23-24-25(2)26(3,4)27(5,6)7;/h25H,8-24H2,1-7H3;1H/q+1;/p-1. The van der Waals surface area contributed by atoms with Gasteiger partial charge in [0.25, 0.3) is 0 Å². The summed E-state index contributed by atoms with van der Waals surface area (Å²) in [7, 11) is 7.01. The van der Waals surface area contributed by atoms with Crippen molar-refractivity contribution >= 4 is 0 Å². The molecule has 0 saturated carbocycles. The van der Waals surface area contributed by atoms with Gasteiger partial charge in [0.15, 0.2) is 0 Å². The van der Waals surface area contributed by atoms with Crippen molar-refractivity contribution in [1.82, 2.24) is 0 Å². The molecule has 172 valence electrons. The van der Waals surface area contributed by atoms with Gasteiger partial charge in [0.1, 0.15) is 0 Å². The van der Waals surface area contributed by atoms with Gasteiger partial charge < -0.3 is 16.9 Å². The molecule has 0 rings (SSSR count). The Morgan fingerprint density at radius 2 is 0.857 bits per heavy atom. The van der Waals surface area contributed by atoms with Gasteiger partial charge in [-0.15, -0.1) is 0 Å². The van der Waals surface area contributed by atoms with Crippen LogP contribution in [0.2, 0.25) is 0 Å². The fourth-order valence-corrected chi connectivity index (χ4v) is 4.01. The van der Waals surface area contributed by atoms with E-state index < -0.39 is 0 Å². The second-order valence-electron chi connectivity index (χ2n) is 10.7. The van der Waals surface area contributed by atoms with Crippen molar-refractivity contribution in [2.75, 3.05) is 21.1 Å². The Bertz CT molecular complexity index is 319. The predicted molar refractivity (Wildman–Crippen MR) is 125 cm³/mol. The van der Waals surface area contributed by atoms with E-state index in [2.05, 4.69) is 48.8 Å². The molecule has 0 saturated heterocycles. The fraction of sp³-hybridized carbons (Fsp3) is 1.00. The Hall–Kier alpha value is 0.250. The van der Waals surface area contributed by atoms with E-state index in [1.54, 1.807) is 0 Å². The van der Waals surface area contributed by atoms with E-state index in [0.717, 1.165) is 10.4 Å². The summed E-state index contributed by atoms with van der Waals surface area (Å²) in [4.78, 5) is 0. The molecular formula is C26H56ClN. The quantitative estimate of drug-likeness (QED) is 0.185. The lowest BCUT2D eigenvalue weighted by Crippen LogP contribution is -3.00. The molecule has 0 radical (unpaired) electrons. The maximum atomic E-state index is 2.45. The van der Waals surface area contributed by atoms with E-state index >= 15 is 0 Å². The summed E-state index contributed by atoms with van der Waals surface area (Å²) in [5, 5.41) is 0. The third-order valence-electron chi connectivity index (χ3n) is 7.43. The summed E-state index contributed by atoms with van der Waals surface area (Å²) in [5.41, 5.74) is 0.371. The molecule has 0 amide bonds. The van der Waals surface area contributed by atoms with Crippen LogP contribution >= 0.6 is 0 Å². The minimum atomic E-state index is 0. The normalized spacial score (nSPS) is 13.4. The van der Waals surface area contributed by atoms with Crippen molar-refractivity contribution in [1.29, 1.82) is 0 Å². The SMILES string of the molecule is CCCCCCCCCCCCCCCCCCC(C)C(C)(C)[N+](C)(C)C.[Cl-]. The van der Waals surface area contributed by atoms with Crippen LogP contribution in [-0.4, -0.2) is 31.2 Å². The van der Waals surface area contributed by atoms with Crippen molar-refractivity contribution in [3.63, 3.8) is 0 Å². The van der Waals surface area contributed by atoms with Crippen LogP contribution in [-0.2, 0) is 0 Å². The van der Waals surface area contributed by atoms with Crippen LogP contribution < -0.4 is 12.4 Å². The molecule has 2 heteroatoms. The molecule has 0 aromatic heterocycles. The zero-order valence-electron chi connectivity index (χ0n) is 20.9. The molecule has 1 unspecified atom stereocenters. The maximum absolute atomic E-state index is 2.45. The molecular weight excluding hydrogens is 362 g/mol. The first kappa shape index (κ1) is 30.4. The van der Waals surface area contributed by atoms with Crippen molar-refractivity contribution in [2.24, 2.45) is 5.92 Å². The largest absolute Gasteiger partial charge is 1.00 e. The predicted octanol–water partition coefficient (Wildman–Crippen LogP) is 5.76. The van der Waals surface area contributed by atoms with Crippen LogP contribution in [0, 0.1) is 5.92 Å². The number of hydrogen-bond acceptors (Lipinski definition) is 0. The van der Waals surface area contributed by atoms with E-state index in [1.807, 2.05) is 0 Å². The summed E-state index contributed by atoms with van der Waals surface area (Å²) in [6.45, 7) is 9.62. The first-order valence-electron chi connectivity index (χ1n) is 12.5. The van der Waals surface area contributed by atoms with E-state index in [0.29, 0.717) is 5.54 Å². The minimum Gasteiger partial charge on any atom is -1.00 e. The van der Waals surface area contributed by atoms with Gasteiger partial charge >= 0.3 is 0 Å². The molecule has 0 aromatic rings. The molecule has 28 heavy (non-hydrogen) atoms. The van der Waals surface area contributed by atoms with Crippen LogP contribution in [0.5, 0.6) is 0 Å². The second-order valence-corrected chi connectivity index (χ2v) is 10.7. The van der Waals surface area contributed by atoms with Crippen molar-refractivity contribution in [2.45, 2.75) is 142 Å².